The summed E-state index contributed by atoms with van der Waals surface area (Å²) in [7, 11) is 0. The van der Waals surface area contributed by atoms with Gasteiger partial charge in [0, 0.05) is 12.2 Å². The molecule has 1 heterocycles. The number of rotatable bonds is 5. The fourth-order valence-electron chi connectivity index (χ4n) is 4.54. The van der Waals surface area contributed by atoms with Crippen LogP contribution >= 0.6 is 0 Å². The third-order valence-corrected chi connectivity index (χ3v) is 6.22. The lowest BCUT2D eigenvalue weighted by molar-refractivity contribution is -0.372. The predicted molar refractivity (Wildman–Crippen MR) is 87.0 cm³/mol. The van der Waals surface area contributed by atoms with Gasteiger partial charge >= 0.3 is 6.16 Å². The van der Waals surface area contributed by atoms with Crippen LogP contribution in [-0.4, -0.2) is 41.1 Å². The monoisotopic (exact) mass is 351 g/mol. The van der Waals surface area contributed by atoms with Crippen LogP contribution in [0.5, 0.6) is 0 Å². The average molecular weight is 351 g/mol. The second-order valence-corrected chi connectivity index (χ2v) is 8.11. The molecule has 4 atom stereocenters. The third kappa shape index (κ3) is 3.05. The number of hydrogen-bond acceptors (Lipinski definition) is 6. The van der Waals surface area contributed by atoms with Gasteiger partial charge in [0.25, 0.3) is 11.8 Å². The van der Waals surface area contributed by atoms with E-state index < -0.39 is 29.6 Å². The topological polar surface area (TPSA) is 82.1 Å². The Bertz CT molecular complexity index is 607. The van der Waals surface area contributed by atoms with Gasteiger partial charge in [0.2, 0.25) is 0 Å². The molecule has 0 aromatic rings. The fraction of sp³-hybridized carbons (Fsp3) is 0.722. The summed E-state index contributed by atoms with van der Waals surface area (Å²) in [6.45, 7) is 7.90. The predicted octanol–water partition coefficient (Wildman–Crippen LogP) is 2.60. The molecular formula is C18H25NO6. The largest absolute Gasteiger partial charge is 0.540 e. The molecule has 4 aliphatic rings. The summed E-state index contributed by atoms with van der Waals surface area (Å²) in [6.07, 6.45) is 4.42. The molecule has 3 aliphatic carbocycles. The van der Waals surface area contributed by atoms with Gasteiger partial charge in [-0.25, -0.2) is 4.79 Å². The van der Waals surface area contributed by atoms with Gasteiger partial charge in [-0.1, -0.05) is 13.8 Å². The van der Waals surface area contributed by atoms with Crippen molar-refractivity contribution in [3.05, 3.63) is 12.2 Å². The average Bonchev–Trinajstić information content (AvgIpc) is 2.89. The standard InChI is InChI=1S/C18H25NO6/c1-11(19-14(20)5-6-15(19)21)10-23-16(22)24-25-18(4)8-7-12-9-13(18)17(12,2)3/h5-6,11-13H,7-10H2,1-4H3. The molecule has 0 N–H and O–H groups in total. The molecule has 0 saturated heterocycles. The maximum absolute atomic E-state index is 11.8. The molecule has 0 aromatic heterocycles. The number of nitrogens with zero attached hydrogens (tertiary/aromatic N) is 1. The summed E-state index contributed by atoms with van der Waals surface area (Å²) in [5.74, 6) is 0.229. The fourth-order valence-corrected chi connectivity index (χ4v) is 4.54. The second-order valence-electron chi connectivity index (χ2n) is 8.11. The molecule has 0 spiro atoms. The van der Waals surface area contributed by atoms with Gasteiger partial charge in [-0.3, -0.25) is 19.4 Å². The number of hydrogen-bond donors (Lipinski definition) is 0. The molecule has 2 amide bonds. The minimum atomic E-state index is -0.959. The van der Waals surface area contributed by atoms with Gasteiger partial charge < -0.3 is 4.74 Å². The van der Waals surface area contributed by atoms with E-state index in [9.17, 15) is 14.4 Å². The maximum Gasteiger partial charge on any atom is 0.540 e. The van der Waals surface area contributed by atoms with Crippen molar-refractivity contribution in [1.29, 1.82) is 0 Å². The van der Waals surface area contributed by atoms with Crippen molar-refractivity contribution in [1.82, 2.24) is 4.90 Å². The van der Waals surface area contributed by atoms with E-state index in [0.717, 1.165) is 24.2 Å². The van der Waals surface area contributed by atoms with Crippen molar-refractivity contribution in [2.75, 3.05) is 6.61 Å². The zero-order valence-electron chi connectivity index (χ0n) is 15.1. The van der Waals surface area contributed by atoms with Crippen molar-refractivity contribution in [3.8, 4) is 0 Å². The number of imide groups is 1. The highest BCUT2D eigenvalue weighted by molar-refractivity contribution is 6.13. The highest BCUT2D eigenvalue weighted by Crippen LogP contribution is 2.63. The van der Waals surface area contributed by atoms with E-state index in [1.807, 2.05) is 6.92 Å². The Morgan fingerprint density at radius 1 is 1.28 bits per heavy atom. The Kier molecular flexibility index (Phi) is 4.39. The van der Waals surface area contributed by atoms with Crippen LogP contribution in [0.15, 0.2) is 12.2 Å². The van der Waals surface area contributed by atoms with Crippen molar-refractivity contribution >= 4 is 18.0 Å². The first kappa shape index (κ1) is 17.9. The summed E-state index contributed by atoms with van der Waals surface area (Å²) >= 11 is 0. The van der Waals surface area contributed by atoms with Crippen molar-refractivity contribution < 1.29 is 28.9 Å². The minimum absolute atomic E-state index is 0.144. The third-order valence-electron chi connectivity index (χ3n) is 6.22. The Labute approximate surface area is 147 Å². The van der Waals surface area contributed by atoms with Gasteiger partial charge in [-0.15, -0.1) is 0 Å². The highest BCUT2D eigenvalue weighted by atomic mass is 17.2. The molecule has 4 unspecified atom stereocenters. The van der Waals surface area contributed by atoms with E-state index in [1.54, 1.807) is 6.92 Å². The van der Waals surface area contributed by atoms with Crippen LogP contribution in [0.4, 0.5) is 4.79 Å². The molecule has 138 valence electrons. The Morgan fingerprint density at radius 2 is 1.92 bits per heavy atom. The summed E-state index contributed by atoms with van der Waals surface area (Å²) < 4.78 is 4.99. The van der Waals surface area contributed by atoms with Crippen LogP contribution < -0.4 is 0 Å². The lowest BCUT2D eigenvalue weighted by Crippen LogP contribution is -2.61. The smallest absolute Gasteiger partial charge is 0.430 e. The van der Waals surface area contributed by atoms with Crippen LogP contribution in [0.3, 0.4) is 0 Å². The normalized spacial score (nSPS) is 33.8. The maximum atomic E-state index is 11.8. The number of ether oxygens (including phenoxy) is 1. The Hall–Kier alpha value is -1.89. The zero-order valence-corrected chi connectivity index (χ0v) is 15.1. The van der Waals surface area contributed by atoms with E-state index in [-0.39, 0.29) is 12.0 Å². The first-order valence-corrected chi connectivity index (χ1v) is 8.73. The molecule has 3 fully saturated rings. The van der Waals surface area contributed by atoms with E-state index in [0.29, 0.717) is 11.8 Å². The molecule has 4 rings (SSSR count). The molecule has 0 aromatic carbocycles. The summed E-state index contributed by atoms with van der Waals surface area (Å²) in [6, 6.07) is -0.570. The molecule has 1 aliphatic heterocycles. The summed E-state index contributed by atoms with van der Waals surface area (Å²) in [5, 5.41) is 0. The van der Waals surface area contributed by atoms with Crippen LogP contribution in [0, 0.1) is 17.3 Å². The van der Waals surface area contributed by atoms with Gasteiger partial charge in [-0.2, -0.15) is 4.89 Å². The molecule has 3 saturated carbocycles. The number of amides is 2. The van der Waals surface area contributed by atoms with Gasteiger partial charge in [0.1, 0.15) is 12.2 Å². The van der Waals surface area contributed by atoms with Gasteiger partial charge in [0.15, 0.2) is 0 Å². The van der Waals surface area contributed by atoms with Crippen molar-refractivity contribution in [2.24, 2.45) is 17.3 Å². The molecule has 2 bridgehead atoms. The summed E-state index contributed by atoms with van der Waals surface area (Å²) in [5.41, 5.74) is -0.314. The molecule has 25 heavy (non-hydrogen) atoms. The second kappa shape index (κ2) is 6.12. The van der Waals surface area contributed by atoms with Crippen LogP contribution in [0.25, 0.3) is 0 Å². The Morgan fingerprint density at radius 3 is 2.48 bits per heavy atom. The molecule has 7 heteroatoms. The van der Waals surface area contributed by atoms with Crippen molar-refractivity contribution in [3.63, 3.8) is 0 Å². The van der Waals surface area contributed by atoms with E-state index in [2.05, 4.69) is 13.8 Å². The van der Waals surface area contributed by atoms with Crippen LogP contribution in [0.2, 0.25) is 0 Å². The van der Waals surface area contributed by atoms with E-state index in [4.69, 9.17) is 14.5 Å². The number of carbonyl (C=O) groups is 3. The highest BCUT2D eigenvalue weighted by Gasteiger charge is 2.61. The molecule has 7 nitrogen and oxygen atoms in total. The van der Waals surface area contributed by atoms with Crippen LogP contribution in [0.1, 0.15) is 47.0 Å². The first-order chi connectivity index (χ1) is 11.6. The van der Waals surface area contributed by atoms with Gasteiger partial charge in [0.05, 0.1) is 6.04 Å². The number of fused-ring (bicyclic) bond motifs is 2. The molecular weight excluding hydrogens is 326 g/mol. The lowest BCUT2D eigenvalue weighted by atomic mass is 9.44. The quantitative estimate of drug-likeness (QED) is 0.328. The van der Waals surface area contributed by atoms with E-state index in [1.165, 1.54) is 12.2 Å². The lowest BCUT2D eigenvalue weighted by Gasteiger charge is -2.62. The van der Waals surface area contributed by atoms with Gasteiger partial charge in [-0.05, 0) is 50.4 Å². The zero-order chi connectivity index (χ0) is 18.4. The van der Waals surface area contributed by atoms with Crippen molar-refractivity contribution in [2.45, 2.75) is 58.6 Å². The molecule has 0 radical (unpaired) electrons. The summed E-state index contributed by atoms with van der Waals surface area (Å²) in [4.78, 5) is 46.3. The van der Waals surface area contributed by atoms with E-state index >= 15 is 0 Å². The van der Waals surface area contributed by atoms with Crippen LogP contribution in [-0.2, 0) is 24.1 Å². The number of carbonyl (C=O) groups excluding carboxylic acids is 3. The SMILES string of the molecule is CC(COC(=O)OOC1(C)CCC2CC1C2(C)C)N1C(=O)C=CC1=O. The minimum Gasteiger partial charge on any atom is -0.430 e. The Balaban J connectivity index is 1.46. The first-order valence-electron chi connectivity index (χ1n) is 8.73.